The highest BCUT2D eigenvalue weighted by Crippen LogP contribution is 2.17. The first-order chi connectivity index (χ1) is 12.2. The van der Waals surface area contributed by atoms with Gasteiger partial charge in [-0.2, -0.15) is 0 Å². The smallest absolute Gasteiger partial charge is 0.221 e. The molecule has 5 nitrogen and oxygen atoms in total. The lowest BCUT2D eigenvalue weighted by Gasteiger charge is -2.22. The zero-order chi connectivity index (χ0) is 17.9. The fraction of sp³-hybridized carbons (Fsp3) is 0.579. The lowest BCUT2D eigenvalue weighted by molar-refractivity contribution is -0.121. The Morgan fingerprint density at radius 3 is 2.48 bits per heavy atom. The summed E-state index contributed by atoms with van der Waals surface area (Å²) in [5.74, 6) is 0.550. The highest BCUT2D eigenvalue weighted by atomic mass is 19.1. The minimum atomic E-state index is -0.222. The maximum Gasteiger partial charge on any atom is 0.221 e. The molecule has 1 aromatic rings. The zero-order valence-corrected chi connectivity index (χ0v) is 15.0. The molecule has 0 bridgehead atoms. The number of amides is 1. The van der Waals surface area contributed by atoms with Crippen LogP contribution < -0.4 is 16.0 Å². The highest BCUT2D eigenvalue weighted by Gasteiger charge is 2.15. The topological polar surface area (TPSA) is 65.5 Å². The van der Waals surface area contributed by atoms with Gasteiger partial charge in [0.25, 0.3) is 0 Å². The lowest BCUT2D eigenvalue weighted by Crippen LogP contribution is -2.41. The number of nitrogens with zero attached hydrogens (tertiary/aromatic N) is 1. The number of nitrogens with one attached hydrogen (secondary N) is 3. The fourth-order valence-corrected chi connectivity index (χ4v) is 3.04. The number of halogens is 1. The van der Waals surface area contributed by atoms with E-state index in [1.807, 2.05) is 0 Å². The van der Waals surface area contributed by atoms with E-state index in [2.05, 4.69) is 20.9 Å². The summed E-state index contributed by atoms with van der Waals surface area (Å²) in [7, 11) is 1.70. The van der Waals surface area contributed by atoms with Gasteiger partial charge in [-0.3, -0.25) is 9.79 Å². The summed E-state index contributed by atoms with van der Waals surface area (Å²) in [6.07, 6.45) is 7.14. The van der Waals surface area contributed by atoms with Crippen molar-refractivity contribution in [1.29, 1.82) is 0 Å². The van der Waals surface area contributed by atoms with Crippen LogP contribution in [0.25, 0.3) is 0 Å². The summed E-state index contributed by atoms with van der Waals surface area (Å²) in [6.45, 7) is 1.24. The molecule has 1 fully saturated rings. The summed E-state index contributed by atoms with van der Waals surface area (Å²) in [4.78, 5) is 16.1. The third-order valence-electron chi connectivity index (χ3n) is 4.46. The zero-order valence-electron chi connectivity index (χ0n) is 15.0. The molecule has 1 amide bonds. The van der Waals surface area contributed by atoms with Crippen molar-refractivity contribution in [1.82, 2.24) is 16.0 Å². The Hall–Kier alpha value is -2.11. The molecule has 1 aliphatic rings. The molecular formula is C19H29FN4O. The molecule has 0 aliphatic heterocycles. The Morgan fingerprint density at radius 2 is 1.80 bits per heavy atom. The van der Waals surface area contributed by atoms with E-state index >= 15 is 0 Å². The van der Waals surface area contributed by atoms with Crippen LogP contribution in [0.1, 0.15) is 44.1 Å². The molecule has 0 aromatic heterocycles. The summed E-state index contributed by atoms with van der Waals surface area (Å²) in [5, 5.41) is 9.46. The van der Waals surface area contributed by atoms with Crippen molar-refractivity contribution in [3.05, 3.63) is 35.6 Å². The summed E-state index contributed by atoms with van der Waals surface area (Å²) in [5.41, 5.74) is 1.07. The van der Waals surface area contributed by atoms with Gasteiger partial charge in [-0.1, -0.05) is 31.4 Å². The van der Waals surface area contributed by atoms with Gasteiger partial charge >= 0.3 is 0 Å². The van der Waals surface area contributed by atoms with E-state index in [1.54, 1.807) is 19.2 Å². The molecule has 138 valence electrons. The van der Waals surface area contributed by atoms with Gasteiger partial charge < -0.3 is 16.0 Å². The third kappa shape index (κ3) is 7.54. The number of hydrogen-bond acceptors (Lipinski definition) is 2. The van der Waals surface area contributed by atoms with Crippen molar-refractivity contribution in [3.63, 3.8) is 0 Å². The second kappa shape index (κ2) is 10.7. The Bertz CT molecular complexity index is 553. The first kappa shape index (κ1) is 19.2. The van der Waals surface area contributed by atoms with Gasteiger partial charge in [0.2, 0.25) is 5.91 Å². The average molecular weight is 348 g/mol. The van der Waals surface area contributed by atoms with Gasteiger partial charge in [0.1, 0.15) is 5.82 Å². The third-order valence-corrected chi connectivity index (χ3v) is 4.46. The van der Waals surface area contributed by atoms with E-state index in [1.165, 1.54) is 31.4 Å². The second-order valence-electron chi connectivity index (χ2n) is 6.45. The minimum Gasteiger partial charge on any atom is -0.356 e. The average Bonchev–Trinajstić information content (AvgIpc) is 2.63. The fourth-order valence-electron chi connectivity index (χ4n) is 3.04. The van der Waals surface area contributed by atoms with E-state index < -0.39 is 0 Å². The first-order valence-corrected chi connectivity index (χ1v) is 9.15. The largest absolute Gasteiger partial charge is 0.356 e. The van der Waals surface area contributed by atoms with Crippen LogP contribution in [0.3, 0.4) is 0 Å². The maximum atomic E-state index is 12.9. The normalized spacial score (nSPS) is 15.7. The number of carbonyl (C=O) groups is 1. The van der Waals surface area contributed by atoms with Crippen LogP contribution in [-0.4, -0.2) is 38.0 Å². The Morgan fingerprint density at radius 1 is 1.12 bits per heavy atom. The summed E-state index contributed by atoms with van der Waals surface area (Å²) in [6, 6.07) is 6.85. The van der Waals surface area contributed by atoms with Crippen LogP contribution >= 0.6 is 0 Å². The van der Waals surface area contributed by atoms with Gasteiger partial charge in [-0.25, -0.2) is 4.39 Å². The summed E-state index contributed by atoms with van der Waals surface area (Å²) >= 11 is 0. The lowest BCUT2D eigenvalue weighted by atomic mass is 9.95. The molecule has 0 radical (unpaired) electrons. The Balaban J connectivity index is 1.59. The number of hydrogen-bond donors (Lipinski definition) is 3. The van der Waals surface area contributed by atoms with Crippen molar-refractivity contribution >= 4 is 11.9 Å². The molecule has 1 aromatic carbocycles. The van der Waals surface area contributed by atoms with Crippen molar-refractivity contribution in [2.75, 3.05) is 20.1 Å². The quantitative estimate of drug-likeness (QED) is 0.524. The predicted octanol–water partition coefficient (Wildman–Crippen LogP) is 2.37. The predicted molar refractivity (Wildman–Crippen MR) is 99.1 cm³/mol. The van der Waals surface area contributed by atoms with Crippen LogP contribution in [0, 0.1) is 5.82 Å². The molecule has 0 saturated heterocycles. The van der Waals surface area contributed by atoms with Gasteiger partial charge in [0, 0.05) is 32.6 Å². The number of aliphatic imine (C=N–C) groups is 1. The summed E-state index contributed by atoms with van der Waals surface area (Å²) < 4.78 is 12.9. The molecule has 0 atom stereocenters. The number of rotatable bonds is 7. The number of carbonyl (C=O) groups excluding carboxylic acids is 1. The minimum absolute atomic E-state index is 0.0983. The van der Waals surface area contributed by atoms with Crippen molar-refractivity contribution < 1.29 is 9.18 Å². The SMILES string of the molecule is CN=C(NCCC(=O)NC1CCCCC1)NCCc1ccc(F)cc1. The van der Waals surface area contributed by atoms with E-state index in [-0.39, 0.29) is 11.7 Å². The second-order valence-corrected chi connectivity index (χ2v) is 6.45. The molecule has 25 heavy (non-hydrogen) atoms. The van der Waals surface area contributed by atoms with Crippen LogP contribution in [-0.2, 0) is 11.2 Å². The molecule has 2 rings (SSSR count). The van der Waals surface area contributed by atoms with Crippen molar-refractivity contribution in [2.45, 2.75) is 51.0 Å². The highest BCUT2D eigenvalue weighted by molar-refractivity contribution is 5.81. The standard InChI is InChI=1S/C19H29FN4O/c1-21-19(22-13-11-15-7-9-16(20)10-8-15)23-14-12-18(25)24-17-5-3-2-4-6-17/h7-10,17H,2-6,11-14H2,1H3,(H,24,25)(H2,21,22,23). The van der Waals surface area contributed by atoms with E-state index in [4.69, 9.17) is 0 Å². The van der Waals surface area contributed by atoms with Gasteiger partial charge in [-0.05, 0) is 37.0 Å². The molecule has 0 spiro atoms. The molecule has 1 aliphatic carbocycles. The Kier molecular flexibility index (Phi) is 8.22. The maximum absolute atomic E-state index is 12.9. The first-order valence-electron chi connectivity index (χ1n) is 9.15. The molecular weight excluding hydrogens is 319 g/mol. The van der Waals surface area contributed by atoms with Crippen LogP contribution in [0.5, 0.6) is 0 Å². The van der Waals surface area contributed by atoms with E-state index in [9.17, 15) is 9.18 Å². The van der Waals surface area contributed by atoms with E-state index in [0.717, 1.165) is 24.8 Å². The van der Waals surface area contributed by atoms with Crippen molar-refractivity contribution in [2.24, 2.45) is 4.99 Å². The van der Waals surface area contributed by atoms with Crippen LogP contribution in [0.15, 0.2) is 29.3 Å². The van der Waals surface area contributed by atoms with Gasteiger partial charge in [-0.15, -0.1) is 0 Å². The van der Waals surface area contributed by atoms with Crippen LogP contribution in [0.2, 0.25) is 0 Å². The molecule has 3 N–H and O–H groups in total. The molecule has 0 heterocycles. The van der Waals surface area contributed by atoms with E-state index in [0.29, 0.717) is 31.5 Å². The van der Waals surface area contributed by atoms with Gasteiger partial charge in [0.05, 0.1) is 0 Å². The number of guanidine groups is 1. The molecule has 0 unspecified atom stereocenters. The number of benzene rings is 1. The molecule has 6 heteroatoms. The Labute approximate surface area is 149 Å². The van der Waals surface area contributed by atoms with Crippen molar-refractivity contribution in [3.8, 4) is 0 Å². The monoisotopic (exact) mass is 348 g/mol. The van der Waals surface area contributed by atoms with Gasteiger partial charge in [0.15, 0.2) is 5.96 Å². The van der Waals surface area contributed by atoms with Crippen LogP contribution in [0.4, 0.5) is 4.39 Å². The molecule has 1 saturated carbocycles.